The normalized spacial score (nSPS) is 21.7. The largest absolute Gasteiger partial charge is 0.380 e. The van der Waals surface area contributed by atoms with Crippen molar-refractivity contribution in [1.82, 2.24) is 5.32 Å². The summed E-state index contributed by atoms with van der Waals surface area (Å²) in [5.41, 5.74) is 1.44. The molecular weight excluding hydrogens is 194 g/mol. The van der Waals surface area contributed by atoms with Crippen LogP contribution in [0.15, 0.2) is 6.07 Å². The van der Waals surface area contributed by atoms with Crippen LogP contribution >= 0.6 is 11.3 Å². The molecule has 1 N–H and O–H groups in total. The standard InChI is InChI=1S/C11H17NOS/c1-8-5-10(9(2)14-8)6-12-11-3-4-13-7-11/h5,11-12H,3-4,6-7H2,1-2H3. The summed E-state index contributed by atoms with van der Waals surface area (Å²) in [6.07, 6.45) is 1.15. The van der Waals surface area contributed by atoms with Crippen molar-refractivity contribution in [3.05, 3.63) is 21.4 Å². The van der Waals surface area contributed by atoms with Gasteiger partial charge in [0.25, 0.3) is 0 Å². The van der Waals surface area contributed by atoms with Crippen LogP contribution in [0.2, 0.25) is 0 Å². The van der Waals surface area contributed by atoms with Crippen LogP contribution < -0.4 is 5.32 Å². The van der Waals surface area contributed by atoms with Gasteiger partial charge in [0.15, 0.2) is 0 Å². The predicted octanol–water partition coefficient (Wildman–Crippen LogP) is 2.24. The maximum absolute atomic E-state index is 5.32. The van der Waals surface area contributed by atoms with Gasteiger partial charge in [0, 0.05) is 28.9 Å². The molecule has 2 rings (SSSR count). The van der Waals surface area contributed by atoms with Crippen molar-refractivity contribution in [3.63, 3.8) is 0 Å². The van der Waals surface area contributed by atoms with Crippen molar-refractivity contribution in [1.29, 1.82) is 0 Å². The molecule has 0 radical (unpaired) electrons. The number of ether oxygens (including phenoxy) is 1. The second kappa shape index (κ2) is 4.43. The average Bonchev–Trinajstić information content (AvgIpc) is 2.72. The van der Waals surface area contributed by atoms with Crippen molar-refractivity contribution in [2.24, 2.45) is 0 Å². The Morgan fingerprint density at radius 3 is 3.00 bits per heavy atom. The summed E-state index contributed by atoms with van der Waals surface area (Å²) in [6, 6.07) is 2.85. The third-order valence-electron chi connectivity index (χ3n) is 2.65. The monoisotopic (exact) mass is 211 g/mol. The zero-order valence-electron chi connectivity index (χ0n) is 8.80. The summed E-state index contributed by atoms with van der Waals surface area (Å²) in [5, 5.41) is 3.53. The van der Waals surface area contributed by atoms with E-state index < -0.39 is 0 Å². The maximum atomic E-state index is 5.32. The minimum atomic E-state index is 0.564. The lowest BCUT2D eigenvalue weighted by atomic mass is 10.2. The fourth-order valence-electron chi connectivity index (χ4n) is 1.81. The van der Waals surface area contributed by atoms with Gasteiger partial charge in [-0.15, -0.1) is 11.3 Å². The molecule has 0 aromatic carbocycles. The summed E-state index contributed by atoms with van der Waals surface area (Å²) in [4.78, 5) is 2.84. The van der Waals surface area contributed by atoms with Gasteiger partial charge in [-0.25, -0.2) is 0 Å². The molecule has 1 atom stereocenters. The molecule has 1 aliphatic rings. The number of hydrogen-bond acceptors (Lipinski definition) is 3. The molecule has 1 unspecified atom stereocenters. The smallest absolute Gasteiger partial charge is 0.0620 e. The molecule has 2 heterocycles. The van der Waals surface area contributed by atoms with E-state index in [0.717, 1.165) is 26.2 Å². The van der Waals surface area contributed by atoms with Crippen LogP contribution in [0, 0.1) is 13.8 Å². The van der Waals surface area contributed by atoms with Crippen LogP contribution in [0.4, 0.5) is 0 Å². The fraction of sp³-hybridized carbons (Fsp3) is 0.636. The Bertz CT molecular complexity index is 302. The predicted molar refractivity (Wildman–Crippen MR) is 59.9 cm³/mol. The van der Waals surface area contributed by atoms with Crippen LogP contribution in [0.1, 0.15) is 21.7 Å². The molecule has 2 nitrogen and oxygen atoms in total. The first kappa shape index (κ1) is 10.1. The second-order valence-corrected chi connectivity index (χ2v) is 5.34. The Labute approximate surface area is 89.3 Å². The number of nitrogens with one attached hydrogen (secondary N) is 1. The minimum absolute atomic E-state index is 0.564. The van der Waals surface area contributed by atoms with E-state index in [9.17, 15) is 0 Å². The molecule has 0 aliphatic carbocycles. The Kier molecular flexibility index (Phi) is 3.21. The van der Waals surface area contributed by atoms with Gasteiger partial charge in [-0.2, -0.15) is 0 Å². The SMILES string of the molecule is Cc1cc(CNC2CCOC2)c(C)s1. The van der Waals surface area contributed by atoms with E-state index in [1.807, 2.05) is 11.3 Å². The lowest BCUT2D eigenvalue weighted by molar-refractivity contribution is 0.190. The zero-order chi connectivity index (χ0) is 9.97. The Morgan fingerprint density at radius 2 is 2.43 bits per heavy atom. The Morgan fingerprint density at radius 1 is 1.57 bits per heavy atom. The van der Waals surface area contributed by atoms with Crippen LogP contribution in [0.25, 0.3) is 0 Å². The molecule has 1 saturated heterocycles. The van der Waals surface area contributed by atoms with E-state index in [4.69, 9.17) is 4.74 Å². The third-order valence-corrected chi connectivity index (χ3v) is 3.66. The Hall–Kier alpha value is -0.380. The van der Waals surface area contributed by atoms with Gasteiger partial charge in [0.05, 0.1) is 6.61 Å². The van der Waals surface area contributed by atoms with Crippen LogP contribution in [0.3, 0.4) is 0 Å². The summed E-state index contributed by atoms with van der Waals surface area (Å²) in [7, 11) is 0. The topological polar surface area (TPSA) is 21.3 Å². The lowest BCUT2D eigenvalue weighted by Crippen LogP contribution is -2.28. The second-order valence-electron chi connectivity index (χ2n) is 3.88. The van der Waals surface area contributed by atoms with Gasteiger partial charge in [-0.1, -0.05) is 0 Å². The van der Waals surface area contributed by atoms with E-state index in [2.05, 4.69) is 25.2 Å². The number of rotatable bonds is 3. The Balaban J connectivity index is 1.87. The quantitative estimate of drug-likeness (QED) is 0.828. The van der Waals surface area contributed by atoms with Gasteiger partial charge >= 0.3 is 0 Å². The first-order chi connectivity index (χ1) is 6.75. The number of hydrogen-bond donors (Lipinski definition) is 1. The number of thiophene rings is 1. The van der Waals surface area contributed by atoms with Crippen molar-refractivity contribution in [2.45, 2.75) is 32.9 Å². The molecule has 1 aromatic heterocycles. The molecule has 1 aromatic rings. The molecule has 0 spiro atoms. The molecule has 3 heteroatoms. The van der Waals surface area contributed by atoms with Gasteiger partial charge in [-0.3, -0.25) is 0 Å². The van der Waals surface area contributed by atoms with Crippen molar-refractivity contribution in [2.75, 3.05) is 13.2 Å². The summed E-state index contributed by atoms with van der Waals surface area (Å²) < 4.78 is 5.32. The van der Waals surface area contributed by atoms with Gasteiger partial charge in [-0.05, 0) is 31.9 Å². The fourth-order valence-corrected chi connectivity index (χ4v) is 2.76. The molecule has 1 fully saturated rings. The molecule has 1 aliphatic heterocycles. The van der Waals surface area contributed by atoms with Gasteiger partial charge in [0.1, 0.15) is 0 Å². The number of aryl methyl sites for hydroxylation is 2. The molecule has 78 valence electrons. The lowest BCUT2D eigenvalue weighted by Gasteiger charge is -2.09. The van der Waals surface area contributed by atoms with Crippen LogP contribution in [-0.2, 0) is 11.3 Å². The van der Waals surface area contributed by atoms with Crippen molar-refractivity contribution in [3.8, 4) is 0 Å². The van der Waals surface area contributed by atoms with E-state index in [1.165, 1.54) is 15.3 Å². The highest BCUT2D eigenvalue weighted by Crippen LogP contribution is 2.20. The first-order valence-corrected chi connectivity index (χ1v) is 5.94. The highest BCUT2D eigenvalue weighted by molar-refractivity contribution is 7.12. The molecule has 0 bridgehead atoms. The zero-order valence-corrected chi connectivity index (χ0v) is 9.62. The van der Waals surface area contributed by atoms with E-state index in [0.29, 0.717) is 6.04 Å². The third kappa shape index (κ3) is 2.35. The maximum Gasteiger partial charge on any atom is 0.0620 e. The summed E-state index contributed by atoms with van der Waals surface area (Å²) >= 11 is 1.88. The first-order valence-electron chi connectivity index (χ1n) is 5.13. The average molecular weight is 211 g/mol. The van der Waals surface area contributed by atoms with E-state index >= 15 is 0 Å². The highest BCUT2D eigenvalue weighted by Gasteiger charge is 2.15. The summed E-state index contributed by atoms with van der Waals surface area (Å²) in [6.45, 7) is 7.14. The highest BCUT2D eigenvalue weighted by atomic mass is 32.1. The van der Waals surface area contributed by atoms with Crippen LogP contribution in [0.5, 0.6) is 0 Å². The molecule has 14 heavy (non-hydrogen) atoms. The molecule has 0 amide bonds. The van der Waals surface area contributed by atoms with Crippen LogP contribution in [-0.4, -0.2) is 19.3 Å². The minimum Gasteiger partial charge on any atom is -0.380 e. The van der Waals surface area contributed by atoms with Crippen molar-refractivity contribution >= 4 is 11.3 Å². The van der Waals surface area contributed by atoms with Gasteiger partial charge < -0.3 is 10.1 Å². The van der Waals surface area contributed by atoms with E-state index in [-0.39, 0.29) is 0 Å². The van der Waals surface area contributed by atoms with E-state index in [1.54, 1.807) is 0 Å². The van der Waals surface area contributed by atoms with Crippen molar-refractivity contribution < 1.29 is 4.74 Å². The van der Waals surface area contributed by atoms with Gasteiger partial charge in [0.2, 0.25) is 0 Å². The summed E-state index contributed by atoms with van der Waals surface area (Å²) in [5.74, 6) is 0. The molecular formula is C11H17NOS. The molecule has 0 saturated carbocycles.